The largest absolute Gasteiger partial charge is 0.493 e. The molecule has 0 aliphatic carbocycles. The van der Waals surface area contributed by atoms with Crippen molar-refractivity contribution >= 4 is 11.9 Å². The monoisotopic (exact) mass is 337 g/mol. The topological polar surface area (TPSA) is 73.9 Å². The summed E-state index contributed by atoms with van der Waals surface area (Å²) in [4.78, 5) is 23.6. The molecule has 0 saturated carbocycles. The Morgan fingerprint density at radius 2 is 1.71 bits per heavy atom. The lowest BCUT2D eigenvalue weighted by atomic mass is 10.1. The molecule has 24 heavy (non-hydrogen) atoms. The molecule has 0 fully saturated rings. The first-order chi connectivity index (χ1) is 11.5. The van der Waals surface area contributed by atoms with Crippen LogP contribution >= 0.6 is 0 Å². The fraction of sp³-hybridized carbons (Fsp3) is 0.556. The number of benzene rings is 1. The average Bonchev–Trinajstić information content (AvgIpc) is 2.58. The zero-order valence-corrected chi connectivity index (χ0v) is 14.9. The highest BCUT2D eigenvalue weighted by Crippen LogP contribution is 2.31. The van der Waals surface area contributed by atoms with E-state index in [9.17, 15) is 9.59 Å². The minimum absolute atomic E-state index is 0.0606. The van der Waals surface area contributed by atoms with Gasteiger partial charge in [-0.3, -0.25) is 9.59 Å². The summed E-state index contributed by atoms with van der Waals surface area (Å²) in [5, 5.41) is 2.81. The van der Waals surface area contributed by atoms with E-state index in [0.29, 0.717) is 30.8 Å². The van der Waals surface area contributed by atoms with Crippen LogP contribution in [0.1, 0.15) is 51.2 Å². The summed E-state index contributed by atoms with van der Waals surface area (Å²) >= 11 is 0. The van der Waals surface area contributed by atoms with Crippen molar-refractivity contribution in [2.45, 2.75) is 45.6 Å². The summed E-state index contributed by atoms with van der Waals surface area (Å²) in [6.07, 6.45) is 1.70. The number of nitrogens with one attached hydrogen (secondary N) is 1. The van der Waals surface area contributed by atoms with Crippen molar-refractivity contribution in [3.63, 3.8) is 0 Å². The Kier molecular flexibility index (Phi) is 8.68. The first kappa shape index (κ1) is 19.8. The van der Waals surface area contributed by atoms with Gasteiger partial charge in [0.1, 0.15) is 6.10 Å². The summed E-state index contributed by atoms with van der Waals surface area (Å²) in [6.45, 7) is 4.08. The van der Waals surface area contributed by atoms with E-state index in [-0.39, 0.29) is 18.4 Å². The third-order valence-electron chi connectivity index (χ3n) is 3.47. The number of methoxy groups -OCH3 is 2. The molecule has 0 bridgehead atoms. The first-order valence-electron chi connectivity index (χ1n) is 8.23. The lowest BCUT2D eigenvalue weighted by Crippen LogP contribution is -2.30. The second-order valence-corrected chi connectivity index (χ2v) is 5.40. The summed E-state index contributed by atoms with van der Waals surface area (Å²) in [6, 6.07) is 5.31. The number of hydrogen-bond donors (Lipinski definition) is 1. The van der Waals surface area contributed by atoms with Crippen molar-refractivity contribution in [3.05, 3.63) is 23.8 Å². The van der Waals surface area contributed by atoms with Gasteiger partial charge in [0.05, 0.1) is 20.8 Å². The number of carbonyl (C=O) groups is 2. The van der Waals surface area contributed by atoms with Crippen LogP contribution in [0.5, 0.6) is 11.5 Å². The van der Waals surface area contributed by atoms with E-state index in [1.807, 2.05) is 13.8 Å². The van der Waals surface area contributed by atoms with E-state index in [2.05, 4.69) is 5.32 Å². The van der Waals surface area contributed by atoms with Crippen LogP contribution in [0.4, 0.5) is 0 Å². The Morgan fingerprint density at radius 3 is 2.29 bits per heavy atom. The van der Waals surface area contributed by atoms with Crippen LogP contribution in [0.3, 0.4) is 0 Å². The average molecular weight is 337 g/mol. The van der Waals surface area contributed by atoms with E-state index >= 15 is 0 Å². The summed E-state index contributed by atoms with van der Waals surface area (Å²) < 4.78 is 16.0. The molecular formula is C18H27NO5. The van der Waals surface area contributed by atoms with Gasteiger partial charge in [-0.15, -0.1) is 0 Å². The zero-order valence-electron chi connectivity index (χ0n) is 14.9. The molecule has 0 saturated heterocycles. The first-order valence-corrected chi connectivity index (χ1v) is 8.23. The van der Waals surface area contributed by atoms with Crippen molar-refractivity contribution in [2.75, 3.05) is 20.8 Å². The minimum atomic E-state index is -0.565. The molecule has 1 atom stereocenters. The molecule has 6 nitrogen and oxygen atoms in total. The van der Waals surface area contributed by atoms with E-state index in [4.69, 9.17) is 14.2 Å². The molecule has 1 amide bonds. The molecule has 0 radical (unpaired) electrons. The van der Waals surface area contributed by atoms with Crippen LogP contribution in [0, 0.1) is 0 Å². The van der Waals surface area contributed by atoms with Crippen LogP contribution < -0.4 is 14.8 Å². The summed E-state index contributed by atoms with van der Waals surface area (Å²) in [5.74, 6) is 0.790. The van der Waals surface area contributed by atoms with Crippen LogP contribution in [-0.2, 0) is 14.3 Å². The molecular weight excluding hydrogens is 310 g/mol. The number of ether oxygens (including phenoxy) is 3. The van der Waals surface area contributed by atoms with E-state index in [1.165, 1.54) is 0 Å². The maximum Gasteiger partial charge on any atom is 0.306 e. The number of rotatable bonds is 10. The smallest absolute Gasteiger partial charge is 0.306 e. The Labute approximate surface area is 143 Å². The number of esters is 1. The molecule has 0 heterocycles. The molecule has 1 aromatic carbocycles. The fourth-order valence-corrected chi connectivity index (χ4v) is 2.22. The molecule has 0 spiro atoms. The van der Waals surface area contributed by atoms with Gasteiger partial charge in [0, 0.05) is 12.8 Å². The highest BCUT2D eigenvalue weighted by molar-refractivity contribution is 5.76. The quantitative estimate of drug-likeness (QED) is 0.664. The summed E-state index contributed by atoms with van der Waals surface area (Å²) in [5.41, 5.74) is 0.744. The minimum Gasteiger partial charge on any atom is -0.493 e. The van der Waals surface area contributed by atoms with Gasteiger partial charge in [-0.25, -0.2) is 0 Å². The van der Waals surface area contributed by atoms with Crippen LogP contribution in [-0.4, -0.2) is 32.6 Å². The normalized spacial score (nSPS) is 11.5. The third kappa shape index (κ3) is 6.10. The van der Waals surface area contributed by atoms with Crippen molar-refractivity contribution in [3.8, 4) is 11.5 Å². The van der Waals surface area contributed by atoms with Crippen molar-refractivity contribution in [1.29, 1.82) is 0 Å². The Bertz CT molecular complexity index is 544. The molecule has 1 rings (SSSR count). The van der Waals surface area contributed by atoms with Crippen LogP contribution in [0.15, 0.2) is 18.2 Å². The lowest BCUT2D eigenvalue weighted by Gasteiger charge is -2.20. The van der Waals surface area contributed by atoms with E-state index in [1.54, 1.807) is 32.4 Å². The van der Waals surface area contributed by atoms with Gasteiger partial charge in [-0.2, -0.15) is 0 Å². The van der Waals surface area contributed by atoms with E-state index in [0.717, 1.165) is 12.0 Å². The predicted octanol–water partition coefficient (Wildman–Crippen LogP) is 3.00. The molecule has 1 N–H and O–H groups in total. The molecule has 0 aliphatic rings. The zero-order chi connectivity index (χ0) is 17.9. The Balaban J connectivity index is 2.94. The maximum absolute atomic E-state index is 11.9. The van der Waals surface area contributed by atoms with Gasteiger partial charge in [0.2, 0.25) is 5.91 Å². The van der Waals surface area contributed by atoms with Crippen molar-refractivity contribution < 1.29 is 23.8 Å². The van der Waals surface area contributed by atoms with Crippen molar-refractivity contribution in [2.24, 2.45) is 0 Å². The molecule has 6 heteroatoms. The highest BCUT2D eigenvalue weighted by Gasteiger charge is 2.19. The SMILES string of the molecule is CCCC(=O)NC[C@@H](OC(=O)CCC)c1ccc(OC)c(OC)c1. The standard InChI is InChI=1S/C18H27NO5/c1-5-7-17(20)19-12-16(24-18(21)8-6-2)13-9-10-14(22-3)15(11-13)23-4/h9-11,16H,5-8,12H2,1-4H3,(H,19,20)/t16-/m1/s1. The molecule has 0 unspecified atom stereocenters. The number of carbonyl (C=O) groups excluding carboxylic acids is 2. The molecule has 1 aromatic rings. The van der Waals surface area contributed by atoms with Gasteiger partial charge >= 0.3 is 5.97 Å². The second kappa shape index (κ2) is 10.5. The fourth-order valence-electron chi connectivity index (χ4n) is 2.22. The third-order valence-corrected chi connectivity index (χ3v) is 3.47. The van der Waals surface area contributed by atoms with Crippen LogP contribution in [0.25, 0.3) is 0 Å². The highest BCUT2D eigenvalue weighted by atomic mass is 16.5. The predicted molar refractivity (Wildman–Crippen MR) is 91.2 cm³/mol. The molecule has 0 aromatic heterocycles. The van der Waals surface area contributed by atoms with Gasteiger partial charge < -0.3 is 19.5 Å². The molecule has 0 aliphatic heterocycles. The van der Waals surface area contributed by atoms with Gasteiger partial charge in [-0.1, -0.05) is 19.9 Å². The Morgan fingerprint density at radius 1 is 1.04 bits per heavy atom. The van der Waals surface area contributed by atoms with Gasteiger partial charge in [0.25, 0.3) is 0 Å². The van der Waals surface area contributed by atoms with E-state index < -0.39 is 6.10 Å². The molecule has 134 valence electrons. The van der Waals surface area contributed by atoms with Gasteiger partial charge in [0.15, 0.2) is 11.5 Å². The maximum atomic E-state index is 11.9. The van der Waals surface area contributed by atoms with Gasteiger partial charge in [-0.05, 0) is 30.5 Å². The second-order valence-electron chi connectivity index (χ2n) is 5.40. The van der Waals surface area contributed by atoms with Crippen LogP contribution in [0.2, 0.25) is 0 Å². The Hall–Kier alpha value is -2.24. The lowest BCUT2D eigenvalue weighted by molar-refractivity contribution is -0.150. The van der Waals surface area contributed by atoms with Crippen molar-refractivity contribution in [1.82, 2.24) is 5.32 Å². The number of amides is 1. The summed E-state index contributed by atoms with van der Waals surface area (Å²) in [7, 11) is 3.10. The number of hydrogen-bond acceptors (Lipinski definition) is 5.